The van der Waals surface area contributed by atoms with Crippen molar-refractivity contribution in [3.63, 3.8) is 0 Å². The third kappa shape index (κ3) is 7.03. The van der Waals surface area contributed by atoms with E-state index in [1.165, 1.54) is 32.1 Å². The highest BCUT2D eigenvalue weighted by Gasteiger charge is 2.14. The number of nitrogens with zero attached hydrogens (tertiary/aromatic N) is 2. The zero-order valence-electron chi connectivity index (χ0n) is 18.3. The highest BCUT2D eigenvalue weighted by molar-refractivity contribution is 7.99. The first-order valence-electron chi connectivity index (χ1n) is 11.2. The second-order valence-corrected chi connectivity index (χ2v) is 8.86. The van der Waals surface area contributed by atoms with Gasteiger partial charge in [-0.2, -0.15) is 4.98 Å². The Labute approximate surface area is 188 Å². The number of carbonyl (C=O) groups is 1. The van der Waals surface area contributed by atoms with Crippen molar-refractivity contribution in [3.8, 4) is 0 Å². The monoisotopic (exact) mass is 440 g/mol. The summed E-state index contributed by atoms with van der Waals surface area (Å²) in [6.45, 7) is 4.00. The van der Waals surface area contributed by atoms with E-state index in [4.69, 9.17) is 9.40 Å². The molecule has 0 saturated heterocycles. The number of hydrogen-bond acceptors (Lipinski definition) is 5. The molecule has 0 amide bonds. The fourth-order valence-corrected chi connectivity index (χ4v) is 4.57. The number of hydrogen-bond donors (Lipinski definition) is 1. The summed E-state index contributed by atoms with van der Waals surface area (Å²) < 4.78 is 6.02. The fourth-order valence-electron chi connectivity index (χ4n) is 3.59. The predicted octanol–water partition coefficient (Wildman–Crippen LogP) is 6.88. The fraction of sp³-hybridized carbons (Fsp3) is 0.440. The summed E-state index contributed by atoms with van der Waals surface area (Å²) in [5, 5.41) is 9.36. The summed E-state index contributed by atoms with van der Waals surface area (Å²) in [5.41, 5.74) is 2.07. The van der Waals surface area contributed by atoms with Crippen LogP contribution in [0.5, 0.6) is 0 Å². The number of carboxylic acid groups (broad SMARTS) is 1. The maximum Gasteiger partial charge on any atom is 0.336 e. The Morgan fingerprint density at radius 1 is 0.968 bits per heavy atom. The number of carboxylic acids is 1. The SMILES string of the molecule is CCCCCCCCN(CCCSc1ccccc1C(=O)O)c1nc2ccccc2o1. The standard InChI is InChI=1S/C25H32N2O3S/c1-2-3-4-5-6-11-17-27(25-26-21-14-8-9-15-22(21)30-25)18-12-19-31-23-16-10-7-13-20(23)24(28)29/h7-10,13-16H,2-6,11-12,17-19H2,1H3,(H,28,29). The number of rotatable bonds is 14. The molecule has 2 aromatic carbocycles. The molecule has 1 N–H and O–H groups in total. The Kier molecular flexibility index (Phi) is 9.28. The second kappa shape index (κ2) is 12.4. The van der Waals surface area contributed by atoms with E-state index in [1.54, 1.807) is 23.9 Å². The van der Waals surface area contributed by atoms with Crippen molar-refractivity contribution in [1.29, 1.82) is 0 Å². The summed E-state index contributed by atoms with van der Waals surface area (Å²) >= 11 is 1.60. The summed E-state index contributed by atoms with van der Waals surface area (Å²) in [6, 6.07) is 15.7. The number of aromatic carboxylic acids is 1. The average Bonchev–Trinajstić information content (AvgIpc) is 3.21. The van der Waals surface area contributed by atoms with Gasteiger partial charge in [0.15, 0.2) is 5.58 Å². The van der Waals surface area contributed by atoms with Gasteiger partial charge in [-0.1, -0.05) is 63.3 Å². The Morgan fingerprint density at radius 3 is 2.48 bits per heavy atom. The van der Waals surface area contributed by atoms with Crippen molar-refractivity contribution < 1.29 is 14.3 Å². The van der Waals surface area contributed by atoms with Crippen LogP contribution >= 0.6 is 11.8 Å². The molecule has 0 aliphatic carbocycles. The van der Waals surface area contributed by atoms with Crippen LogP contribution in [-0.2, 0) is 0 Å². The number of anilines is 1. The Bertz CT molecular complexity index is 924. The molecule has 31 heavy (non-hydrogen) atoms. The zero-order chi connectivity index (χ0) is 21.9. The van der Waals surface area contributed by atoms with E-state index < -0.39 is 5.97 Å². The van der Waals surface area contributed by atoms with E-state index in [0.717, 1.165) is 47.7 Å². The lowest BCUT2D eigenvalue weighted by molar-refractivity contribution is 0.0693. The molecule has 3 aromatic rings. The maximum atomic E-state index is 11.4. The molecule has 0 saturated carbocycles. The lowest BCUT2D eigenvalue weighted by Crippen LogP contribution is -2.26. The van der Waals surface area contributed by atoms with Gasteiger partial charge in [0.25, 0.3) is 6.01 Å². The van der Waals surface area contributed by atoms with Gasteiger partial charge in [-0.05, 0) is 42.9 Å². The molecule has 5 nitrogen and oxygen atoms in total. The van der Waals surface area contributed by atoms with Crippen LogP contribution in [-0.4, -0.2) is 34.9 Å². The molecule has 3 rings (SSSR count). The summed E-state index contributed by atoms with van der Waals surface area (Å²) in [6.07, 6.45) is 8.42. The lowest BCUT2D eigenvalue weighted by atomic mass is 10.1. The summed E-state index contributed by atoms with van der Waals surface area (Å²) in [4.78, 5) is 19.2. The minimum atomic E-state index is -0.876. The molecular weight excluding hydrogens is 408 g/mol. The van der Waals surface area contributed by atoms with Gasteiger partial charge in [0, 0.05) is 18.0 Å². The first-order chi connectivity index (χ1) is 15.2. The van der Waals surface area contributed by atoms with Gasteiger partial charge in [-0.3, -0.25) is 0 Å². The number of aromatic nitrogens is 1. The van der Waals surface area contributed by atoms with Gasteiger partial charge in [0.05, 0.1) is 5.56 Å². The molecule has 0 aliphatic rings. The molecule has 1 aromatic heterocycles. The number of fused-ring (bicyclic) bond motifs is 1. The average molecular weight is 441 g/mol. The normalized spacial score (nSPS) is 11.1. The first kappa shape index (κ1) is 23.2. The molecule has 6 heteroatoms. The van der Waals surface area contributed by atoms with Gasteiger partial charge in [0.1, 0.15) is 5.52 Å². The molecule has 1 heterocycles. The van der Waals surface area contributed by atoms with Crippen molar-refractivity contribution in [2.75, 3.05) is 23.7 Å². The largest absolute Gasteiger partial charge is 0.478 e. The van der Waals surface area contributed by atoms with Gasteiger partial charge < -0.3 is 14.4 Å². The topological polar surface area (TPSA) is 66.6 Å². The molecule has 0 unspecified atom stereocenters. The van der Waals surface area contributed by atoms with Crippen LogP contribution < -0.4 is 4.90 Å². The van der Waals surface area contributed by atoms with Crippen LogP contribution in [0.1, 0.15) is 62.2 Å². The lowest BCUT2D eigenvalue weighted by Gasteiger charge is -2.20. The Balaban J connectivity index is 1.56. The Morgan fingerprint density at radius 2 is 1.68 bits per heavy atom. The van der Waals surface area contributed by atoms with Crippen molar-refractivity contribution in [2.45, 2.75) is 56.8 Å². The van der Waals surface area contributed by atoms with Crippen LogP contribution in [0.25, 0.3) is 11.1 Å². The Hall–Kier alpha value is -2.47. The third-order valence-electron chi connectivity index (χ3n) is 5.28. The van der Waals surface area contributed by atoms with Crippen molar-refractivity contribution in [2.24, 2.45) is 0 Å². The molecule has 0 radical (unpaired) electrons. The van der Waals surface area contributed by atoms with Gasteiger partial charge in [0.2, 0.25) is 0 Å². The van der Waals surface area contributed by atoms with Crippen molar-refractivity contribution in [1.82, 2.24) is 4.98 Å². The van der Waals surface area contributed by atoms with Gasteiger partial charge >= 0.3 is 5.97 Å². The molecular formula is C25H32N2O3S. The van der Waals surface area contributed by atoms with E-state index in [-0.39, 0.29) is 0 Å². The number of para-hydroxylation sites is 2. The minimum Gasteiger partial charge on any atom is -0.478 e. The minimum absolute atomic E-state index is 0.371. The van der Waals surface area contributed by atoms with E-state index >= 15 is 0 Å². The first-order valence-corrected chi connectivity index (χ1v) is 12.2. The summed E-state index contributed by atoms with van der Waals surface area (Å²) in [5.74, 6) is -0.0309. The molecule has 0 bridgehead atoms. The van der Waals surface area contributed by atoms with Crippen LogP contribution in [0.15, 0.2) is 57.8 Å². The molecule has 0 spiro atoms. The van der Waals surface area contributed by atoms with E-state index in [1.807, 2.05) is 36.4 Å². The van der Waals surface area contributed by atoms with E-state index in [0.29, 0.717) is 11.6 Å². The highest BCUT2D eigenvalue weighted by Crippen LogP contribution is 2.25. The zero-order valence-corrected chi connectivity index (χ0v) is 19.1. The summed E-state index contributed by atoms with van der Waals surface area (Å²) in [7, 11) is 0. The molecule has 0 fully saturated rings. The highest BCUT2D eigenvalue weighted by atomic mass is 32.2. The molecule has 0 atom stereocenters. The van der Waals surface area contributed by atoms with Crippen LogP contribution in [0.3, 0.4) is 0 Å². The quantitative estimate of drug-likeness (QED) is 0.218. The van der Waals surface area contributed by atoms with Gasteiger partial charge in [-0.15, -0.1) is 11.8 Å². The maximum absolute atomic E-state index is 11.4. The number of unbranched alkanes of at least 4 members (excludes halogenated alkanes) is 5. The van der Waals surface area contributed by atoms with E-state index in [2.05, 4.69) is 11.8 Å². The van der Waals surface area contributed by atoms with E-state index in [9.17, 15) is 9.90 Å². The third-order valence-corrected chi connectivity index (χ3v) is 6.44. The predicted molar refractivity (Wildman–Crippen MR) is 128 cm³/mol. The van der Waals surface area contributed by atoms with Crippen LogP contribution in [0.4, 0.5) is 6.01 Å². The van der Waals surface area contributed by atoms with Crippen molar-refractivity contribution in [3.05, 3.63) is 54.1 Å². The van der Waals surface area contributed by atoms with Gasteiger partial charge in [-0.25, -0.2) is 4.79 Å². The molecule has 166 valence electrons. The number of thioether (sulfide) groups is 1. The second-order valence-electron chi connectivity index (χ2n) is 7.72. The smallest absolute Gasteiger partial charge is 0.336 e. The number of benzene rings is 2. The van der Waals surface area contributed by atoms with Crippen molar-refractivity contribution >= 4 is 34.8 Å². The van der Waals surface area contributed by atoms with Crippen LogP contribution in [0.2, 0.25) is 0 Å². The molecule has 0 aliphatic heterocycles. The van der Waals surface area contributed by atoms with Crippen LogP contribution in [0, 0.1) is 0 Å². The number of oxazole rings is 1.